The Morgan fingerprint density at radius 2 is 1.67 bits per heavy atom. The molecule has 1 aliphatic rings. The summed E-state index contributed by atoms with van der Waals surface area (Å²) in [5.41, 5.74) is 5.72. The molecule has 1 saturated heterocycles. The van der Waals surface area contributed by atoms with Gasteiger partial charge in [0.15, 0.2) is 0 Å². The maximum absolute atomic E-state index is 3.34. The predicted molar refractivity (Wildman–Crippen MR) is 51.4 cm³/mol. The summed E-state index contributed by atoms with van der Waals surface area (Å²) in [6.45, 7) is 7.71. The van der Waals surface area contributed by atoms with Crippen molar-refractivity contribution in [2.24, 2.45) is 0 Å². The molecule has 0 radical (unpaired) electrons. The van der Waals surface area contributed by atoms with Gasteiger partial charge in [-0.05, 0) is 43.0 Å². The molecule has 1 fully saturated rings. The van der Waals surface area contributed by atoms with Gasteiger partial charge in [-0.15, -0.1) is 0 Å². The van der Waals surface area contributed by atoms with Gasteiger partial charge in [-0.2, -0.15) is 0 Å². The molecule has 1 heterocycles. The normalized spacial score (nSPS) is 21.1. The van der Waals surface area contributed by atoms with Crippen LogP contribution in [0.2, 0.25) is 0 Å². The fraction of sp³-hybridized carbons (Fsp3) is 0.455. The van der Waals surface area contributed by atoms with Gasteiger partial charge in [0.25, 0.3) is 0 Å². The van der Waals surface area contributed by atoms with Crippen molar-refractivity contribution in [1.29, 1.82) is 0 Å². The van der Waals surface area contributed by atoms with E-state index in [1.807, 2.05) is 0 Å². The summed E-state index contributed by atoms with van der Waals surface area (Å²) in [5, 5.41) is 3.34. The van der Waals surface area contributed by atoms with E-state index in [0.29, 0.717) is 6.04 Å². The minimum absolute atomic E-state index is 0.643. The monoisotopic (exact) mass is 161 g/mol. The molecule has 1 aliphatic heterocycles. The molecule has 0 unspecified atom stereocenters. The molecule has 2 rings (SSSR count). The molecule has 1 aromatic rings. The summed E-state index contributed by atoms with van der Waals surface area (Å²) in [5.74, 6) is 0. The van der Waals surface area contributed by atoms with Crippen LogP contribution in [0.4, 0.5) is 0 Å². The van der Waals surface area contributed by atoms with Crippen LogP contribution >= 0.6 is 0 Å². The lowest BCUT2D eigenvalue weighted by Gasteiger charge is -2.07. The van der Waals surface area contributed by atoms with E-state index in [9.17, 15) is 0 Å². The van der Waals surface area contributed by atoms with Crippen LogP contribution in [0.1, 0.15) is 28.3 Å². The zero-order chi connectivity index (χ0) is 8.72. The van der Waals surface area contributed by atoms with Crippen molar-refractivity contribution in [3.05, 3.63) is 34.4 Å². The first-order valence-electron chi connectivity index (χ1n) is 4.49. The molecule has 1 heteroatoms. The van der Waals surface area contributed by atoms with Crippen molar-refractivity contribution in [3.63, 3.8) is 0 Å². The first-order valence-corrected chi connectivity index (χ1v) is 4.49. The van der Waals surface area contributed by atoms with Crippen molar-refractivity contribution in [3.8, 4) is 0 Å². The minimum Gasteiger partial charge on any atom is -0.307 e. The molecule has 64 valence electrons. The SMILES string of the molecule is Cc1cc(C)c([C@H]2CN2)cc1C. The summed E-state index contributed by atoms with van der Waals surface area (Å²) < 4.78 is 0. The average Bonchev–Trinajstić information content (AvgIpc) is 2.79. The number of nitrogens with one attached hydrogen (secondary N) is 1. The van der Waals surface area contributed by atoms with Gasteiger partial charge in [0.2, 0.25) is 0 Å². The smallest absolute Gasteiger partial charge is 0.0450 e. The molecule has 0 saturated carbocycles. The first-order chi connectivity index (χ1) is 5.68. The van der Waals surface area contributed by atoms with E-state index in [0.717, 1.165) is 6.54 Å². The van der Waals surface area contributed by atoms with Crippen molar-refractivity contribution >= 4 is 0 Å². The van der Waals surface area contributed by atoms with Gasteiger partial charge in [0.1, 0.15) is 0 Å². The largest absolute Gasteiger partial charge is 0.307 e. The van der Waals surface area contributed by atoms with E-state index in [1.54, 1.807) is 0 Å². The molecule has 1 N–H and O–H groups in total. The van der Waals surface area contributed by atoms with Gasteiger partial charge in [-0.25, -0.2) is 0 Å². The Bertz CT molecular complexity index is 311. The van der Waals surface area contributed by atoms with Crippen molar-refractivity contribution in [2.45, 2.75) is 26.8 Å². The van der Waals surface area contributed by atoms with E-state index in [-0.39, 0.29) is 0 Å². The second kappa shape index (κ2) is 2.60. The Labute approximate surface area is 73.8 Å². The summed E-state index contributed by atoms with van der Waals surface area (Å²) in [7, 11) is 0. The van der Waals surface area contributed by atoms with Crippen LogP contribution < -0.4 is 5.32 Å². The Balaban J connectivity index is 2.47. The summed E-state index contributed by atoms with van der Waals surface area (Å²) in [6.07, 6.45) is 0. The summed E-state index contributed by atoms with van der Waals surface area (Å²) in [6, 6.07) is 5.24. The van der Waals surface area contributed by atoms with E-state index in [4.69, 9.17) is 0 Å². The zero-order valence-corrected chi connectivity index (χ0v) is 7.94. The zero-order valence-electron chi connectivity index (χ0n) is 7.94. The lowest BCUT2D eigenvalue weighted by Crippen LogP contribution is -1.92. The van der Waals surface area contributed by atoms with Crippen LogP contribution in [0.25, 0.3) is 0 Å². The number of hydrogen-bond donors (Lipinski definition) is 1. The van der Waals surface area contributed by atoms with Gasteiger partial charge < -0.3 is 5.32 Å². The molecular weight excluding hydrogens is 146 g/mol. The Hall–Kier alpha value is -0.820. The lowest BCUT2D eigenvalue weighted by atomic mass is 9.99. The highest BCUT2D eigenvalue weighted by molar-refractivity contribution is 5.39. The second-order valence-corrected chi connectivity index (χ2v) is 3.75. The van der Waals surface area contributed by atoms with Gasteiger partial charge >= 0.3 is 0 Å². The van der Waals surface area contributed by atoms with E-state index in [2.05, 4.69) is 38.2 Å². The molecule has 0 aromatic heterocycles. The standard InChI is InChI=1S/C11H15N/c1-7-4-9(3)10(5-8(7)2)11-6-12-11/h4-5,11-12H,6H2,1-3H3/t11-/m1/s1. The molecule has 12 heavy (non-hydrogen) atoms. The summed E-state index contributed by atoms with van der Waals surface area (Å²) in [4.78, 5) is 0. The topological polar surface area (TPSA) is 21.9 Å². The fourth-order valence-corrected chi connectivity index (χ4v) is 1.64. The number of hydrogen-bond acceptors (Lipinski definition) is 1. The third-order valence-corrected chi connectivity index (χ3v) is 2.67. The summed E-state index contributed by atoms with van der Waals surface area (Å²) >= 11 is 0. The van der Waals surface area contributed by atoms with Gasteiger partial charge in [0.05, 0.1) is 0 Å². The van der Waals surface area contributed by atoms with Crippen LogP contribution in [0, 0.1) is 20.8 Å². The number of benzene rings is 1. The van der Waals surface area contributed by atoms with E-state index >= 15 is 0 Å². The third kappa shape index (κ3) is 1.25. The highest BCUT2D eigenvalue weighted by atomic mass is 15.1. The molecule has 1 aromatic carbocycles. The van der Waals surface area contributed by atoms with Gasteiger partial charge in [-0.1, -0.05) is 12.1 Å². The number of aryl methyl sites for hydroxylation is 3. The Morgan fingerprint density at radius 1 is 1.08 bits per heavy atom. The highest BCUT2D eigenvalue weighted by Gasteiger charge is 2.23. The van der Waals surface area contributed by atoms with Crippen molar-refractivity contribution < 1.29 is 0 Å². The second-order valence-electron chi connectivity index (χ2n) is 3.75. The van der Waals surface area contributed by atoms with Crippen LogP contribution in [0.3, 0.4) is 0 Å². The minimum atomic E-state index is 0.643. The Morgan fingerprint density at radius 3 is 2.25 bits per heavy atom. The molecule has 1 nitrogen and oxygen atoms in total. The highest BCUT2D eigenvalue weighted by Crippen LogP contribution is 2.26. The molecule has 0 amide bonds. The fourth-order valence-electron chi connectivity index (χ4n) is 1.64. The van der Waals surface area contributed by atoms with E-state index in [1.165, 1.54) is 22.3 Å². The number of rotatable bonds is 1. The quantitative estimate of drug-likeness (QED) is 0.627. The molecule has 0 aliphatic carbocycles. The maximum Gasteiger partial charge on any atom is 0.0450 e. The van der Waals surface area contributed by atoms with Crippen molar-refractivity contribution in [2.75, 3.05) is 6.54 Å². The Kier molecular flexibility index (Phi) is 1.69. The van der Waals surface area contributed by atoms with E-state index < -0.39 is 0 Å². The van der Waals surface area contributed by atoms with Crippen LogP contribution in [-0.4, -0.2) is 6.54 Å². The van der Waals surface area contributed by atoms with Crippen LogP contribution in [0.15, 0.2) is 12.1 Å². The lowest BCUT2D eigenvalue weighted by molar-refractivity contribution is 1.04. The first kappa shape index (κ1) is 7.81. The van der Waals surface area contributed by atoms with Crippen molar-refractivity contribution in [1.82, 2.24) is 5.32 Å². The predicted octanol–water partition coefficient (Wildman–Crippen LogP) is 2.26. The molecule has 1 atom stereocenters. The van der Waals surface area contributed by atoms with Crippen LogP contribution in [0.5, 0.6) is 0 Å². The molecular formula is C11H15N. The average molecular weight is 161 g/mol. The van der Waals surface area contributed by atoms with Gasteiger partial charge in [-0.3, -0.25) is 0 Å². The molecule has 0 spiro atoms. The van der Waals surface area contributed by atoms with Crippen LogP contribution in [-0.2, 0) is 0 Å². The maximum atomic E-state index is 3.34. The third-order valence-electron chi connectivity index (χ3n) is 2.67. The molecule has 0 bridgehead atoms. The van der Waals surface area contributed by atoms with Gasteiger partial charge in [0, 0.05) is 12.6 Å².